The van der Waals surface area contributed by atoms with Crippen LogP contribution in [0.1, 0.15) is 33.6 Å². The van der Waals surface area contributed by atoms with Gasteiger partial charge in [-0.3, -0.25) is 4.79 Å². The molecule has 0 aliphatic carbocycles. The minimum absolute atomic E-state index is 0.0491. The Labute approximate surface area is 118 Å². The van der Waals surface area contributed by atoms with Gasteiger partial charge in [0.25, 0.3) is 0 Å². The highest BCUT2D eigenvalue weighted by atomic mass is 16.6. The predicted molar refractivity (Wildman–Crippen MR) is 71.5 cm³/mol. The zero-order valence-electron chi connectivity index (χ0n) is 12.1. The molecule has 6 heteroatoms. The summed E-state index contributed by atoms with van der Waals surface area (Å²) < 4.78 is 14.3. The lowest BCUT2D eigenvalue weighted by Crippen LogP contribution is -2.14. The molecule has 0 aliphatic heterocycles. The van der Waals surface area contributed by atoms with Crippen LogP contribution < -0.4 is 0 Å². The molecule has 0 rings (SSSR count). The third-order valence-corrected chi connectivity index (χ3v) is 2.03. The van der Waals surface area contributed by atoms with Crippen LogP contribution in [0.5, 0.6) is 0 Å². The van der Waals surface area contributed by atoms with E-state index in [9.17, 15) is 14.4 Å². The van der Waals surface area contributed by atoms with Crippen molar-refractivity contribution < 1.29 is 28.6 Å². The lowest BCUT2D eigenvalue weighted by molar-refractivity contribution is -0.141. The Hall–Kier alpha value is -2.11. The first-order valence-electron chi connectivity index (χ1n) is 6.25. The second-order valence-corrected chi connectivity index (χ2v) is 4.05. The summed E-state index contributed by atoms with van der Waals surface area (Å²) in [6.45, 7) is 8.15. The summed E-state index contributed by atoms with van der Waals surface area (Å²) >= 11 is 0. The molecule has 0 bridgehead atoms. The van der Waals surface area contributed by atoms with E-state index in [0.717, 1.165) is 18.9 Å². The molecule has 6 nitrogen and oxygen atoms in total. The fourth-order valence-corrected chi connectivity index (χ4v) is 1.09. The fraction of sp³-hybridized carbons (Fsp3) is 0.500. The third kappa shape index (κ3) is 8.91. The number of carbonyl (C=O) groups excluding carboxylic acids is 3. The average Bonchev–Trinajstić information content (AvgIpc) is 2.34. The number of ether oxygens (including phenoxy) is 3. The van der Waals surface area contributed by atoms with E-state index in [1.807, 2.05) is 6.92 Å². The van der Waals surface area contributed by atoms with Gasteiger partial charge in [-0.15, -0.1) is 0 Å². The molecular weight excluding hydrogens is 264 g/mol. The zero-order chi connectivity index (χ0) is 15.5. The molecule has 112 valence electrons. The minimum atomic E-state index is -0.730. The standard InChI is InChI=1S/C14H20O6/c1-5-6-7-18-14(17)10(2)9-19-13(16)8-11(3)20-12(4)15/h8H,2,5-7,9H2,1,3-4H3/b11-8+. The van der Waals surface area contributed by atoms with Gasteiger partial charge in [0.05, 0.1) is 18.3 Å². The Balaban J connectivity index is 4.08. The number of unbranched alkanes of at least 4 members (excludes halogenated alkanes) is 1. The molecule has 0 amide bonds. The topological polar surface area (TPSA) is 78.9 Å². The maximum Gasteiger partial charge on any atom is 0.336 e. The molecule has 0 fully saturated rings. The number of rotatable bonds is 8. The van der Waals surface area contributed by atoms with Gasteiger partial charge in [-0.05, 0) is 13.3 Å². The quantitative estimate of drug-likeness (QED) is 0.223. The molecule has 0 aromatic rings. The molecule has 20 heavy (non-hydrogen) atoms. The molecule has 0 atom stereocenters. The largest absolute Gasteiger partial charge is 0.462 e. The maximum atomic E-state index is 11.4. The van der Waals surface area contributed by atoms with E-state index in [1.54, 1.807) is 0 Å². The van der Waals surface area contributed by atoms with Gasteiger partial charge in [-0.2, -0.15) is 0 Å². The van der Waals surface area contributed by atoms with E-state index in [2.05, 4.69) is 11.3 Å². The van der Waals surface area contributed by atoms with Crippen LogP contribution in [0.25, 0.3) is 0 Å². The second-order valence-electron chi connectivity index (χ2n) is 4.05. The van der Waals surface area contributed by atoms with E-state index in [1.165, 1.54) is 13.8 Å². The van der Waals surface area contributed by atoms with Crippen molar-refractivity contribution in [3.63, 3.8) is 0 Å². The van der Waals surface area contributed by atoms with Crippen molar-refractivity contribution in [2.75, 3.05) is 13.2 Å². The van der Waals surface area contributed by atoms with Crippen LogP contribution in [0.2, 0.25) is 0 Å². The van der Waals surface area contributed by atoms with Crippen molar-refractivity contribution in [2.24, 2.45) is 0 Å². The molecule has 0 unspecified atom stereocenters. The van der Waals surface area contributed by atoms with Crippen LogP contribution >= 0.6 is 0 Å². The number of hydrogen-bond donors (Lipinski definition) is 0. The molecule has 0 saturated heterocycles. The van der Waals surface area contributed by atoms with Crippen LogP contribution in [0.3, 0.4) is 0 Å². The molecule has 0 spiro atoms. The van der Waals surface area contributed by atoms with Gasteiger partial charge in [-0.25, -0.2) is 9.59 Å². The molecule has 0 saturated carbocycles. The summed E-state index contributed by atoms with van der Waals surface area (Å²) in [6.07, 6.45) is 2.69. The van der Waals surface area contributed by atoms with Gasteiger partial charge in [0, 0.05) is 6.92 Å². The molecule has 0 aromatic carbocycles. The molecule has 0 N–H and O–H groups in total. The van der Waals surface area contributed by atoms with Crippen LogP contribution in [0.15, 0.2) is 24.0 Å². The zero-order valence-corrected chi connectivity index (χ0v) is 12.1. The first-order valence-corrected chi connectivity index (χ1v) is 6.25. The average molecular weight is 284 g/mol. The highest BCUT2D eigenvalue weighted by Gasteiger charge is 2.11. The van der Waals surface area contributed by atoms with Crippen molar-refractivity contribution in [3.8, 4) is 0 Å². The summed E-state index contributed by atoms with van der Waals surface area (Å²) in [5.41, 5.74) is 0.0491. The Morgan fingerprint density at radius 2 is 1.80 bits per heavy atom. The van der Waals surface area contributed by atoms with Crippen molar-refractivity contribution in [1.29, 1.82) is 0 Å². The Morgan fingerprint density at radius 3 is 2.35 bits per heavy atom. The Morgan fingerprint density at radius 1 is 1.15 bits per heavy atom. The third-order valence-electron chi connectivity index (χ3n) is 2.03. The Kier molecular flexibility index (Phi) is 8.74. The first-order chi connectivity index (χ1) is 9.36. The minimum Gasteiger partial charge on any atom is -0.462 e. The summed E-state index contributed by atoms with van der Waals surface area (Å²) in [7, 11) is 0. The predicted octanol–water partition coefficient (Wildman–Crippen LogP) is 1.90. The lowest BCUT2D eigenvalue weighted by atomic mass is 10.3. The number of allylic oxidation sites excluding steroid dienone is 1. The lowest BCUT2D eigenvalue weighted by Gasteiger charge is -2.07. The molecule has 0 aromatic heterocycles. The van der Waals surface area contributed by atoms with Gasteiger partial charge in [0.2, 0.25) is 0 Å². The number of esters is 3. The Bertz CT molecular complexity index is 408. The highest BCUT2D eigenvalue weighted by molar-refractivity contribution is 5.89. The van der Waals surface area contributed by atoms with Gasteiger partial charge in [-0.1, -0.05) is 19.9 Å². The fourth-order valence-electron chi connectivity index (χ4n) is 1.09. The van der Waals surface area contributed by atoms with Gasteiger partial charge >= 0.3 is 17.9 Å². The molecule has 0 heterocycles. The number of hydrogen-bond acceptors (Lipinski definition) is 6. The summed E-state index contributed by atoms with van der Waals surface area (Å²) in [4.78, 5) is 33.4. The van der Waals surface area contributed by atoms with Crippen molar-refractivity contribution in [2.45, 2.75) is 33.6 Å². The van der Waals surface area contributed by atoms with Crippen molar-refractivity contribution in [3.05, 3.63) is 24.0 Å². The highest BCUT2D eigenvalue weighted by Crippen LogP contribution is 2.01. The van der Waals surface area contributed by atoms with Gasteiger partial charge < -0.3 is 14.2 Å². The summed E-state index contributed by atoms with van der Waals surface area (Å²) in [5.74, 6) is -1.74. The van der Waals surface area contributed by atoms with Gasteiger partial charge in [0.1, 0.15) is 12.4 Å². The van der Waals surface area contributed by atoms with E-state index in [0.29, 0.717) is 6.61 Å². The monoisotopic (exact) mass is 284 g/mol. The SMILES string of the molecule is C=C(COC(=O)/C=C(\C)OC(C)=O)C(=O)OCCCC. The van der Waals surface area contributed by atoms with E-state index in [4.69, 9.17) is 9.47 Å². The second kappa shape index (κ2) is 9.77. The summed E-state index contributed by atoms with van der Waals surface area (Å²) in [5, 5.41) is 0. The van der Waals surface area contributed by atoms with Crippen LogP contribution in [0, 0.1) is 0 Å². The van der Waals surface area contributed by atoms with Crippen LogP contribution in [0.4, 0.5) is 0 Å². The van der Waals surface area contributed by atoms with E-state index < -0.39 is 17.9 Å². The number of carbonyl (C=O) groups is 3. The van der Waals surface area contributed by atoms with Crippen molar-refractivity contribution in [1.82, 2.24) is 0 Å². The summed E-state index contributed by atoms with van der Waals surface area (Å²) in [6, 6.07) is 0. The smallest absolute Gasteiger partial charge is 0.336 e. The molecule has 0 aliphatic rings. The van der Waals surface area contributed by atoms with E-state index in [-0.39, 0.29) is 17.9 Å². The molecular formula is C14H20O6. The van der Waals surface area contributed by atoms with Crippen molar-refractivity contribution >= 4 is 17.9 Å². The molecule has 0 radical (unpaired) electrons. The van der Waals surface area contributed by atoms with Crippen LogP contribution in [-0.2, 0) is 28.6 Å². The maximum absolute atomic E-state index is 11.4. The first kappa shape index (κ1) is 17.9. The van der Waals surface area contributed by atoms with Crippen LogP contribution in [-0.4, -0.2) is 31.1 Å². The van der Waals surface area contributed by atoms with Gasteiger partial charge in [0.15, 0.2) is 0 Å². The normalized spacial score (nSPS) is 10.7. The van der Waals surface area contributed by atoms with E-state index >= 15 is 0 Å².